The zero-order chi connectivity index (χ0) is 28.7. The summed E-state index contributed by atoms with van der Waals surface area (Å²) in [5.74, 6) is -0.641. The third-order valence-electron chi connectivity index (χ3n) is 6.16. The first-order chi connectivity index (χ1) is 18.4. The van der Waals surface area contributed by atoms with Gasteiger partial charge in [0.1, 0.15) is 12.6 Å². The fourth-order valence-electron chi connectivity index (χ4n) is 3.95. The highest BCUT2D eigenvalue weighted by Crippen LogP contribution is 2.29. The average molecular weight is 591 g/mol. The maximum atomic E-state index is 13.9. The first-order valence-electron chi connectivity index (χ1n) is 12.6. The Kier molecular flexibility index (Phi) is 10.4. The Morgan fingerprint density at radius 3 is 2.10 bits per heavy atom. The fraction of sp³-hybridized carbons (Fsp3) is 0.310. The maximum Gasteiger partial charge on any atom is 0.264 e. The van der Waals surface area contributed by atoms with Gasteiger partial charge in [0.25, 0.3) is 10.0 Å². The number of carbonyl (C=O) groups is 2. The van der Waals surface area contributed by atoms with Crippen LogP contribution in [0.2, 0.25) is 10.0 Å². The molecule has 0 unspecified atom stereocenters. The Hall–Kier alpha value is -3.07. The van der Waals surface area contributed by atoms with Crippen LogP contribution < -0.4 is 9.62 Å². The summed E-state index contributed by atoms with van der Waals surface area (Å²) in [7, 11) is -4.14. The molecule has 0 saturated carbocycles. The number of anilines is 1. The lowest BCUT2D eigenvalue weighted by atomic mass is 10.1. The van der Waals surface area contributed by atoms with E-state index in [1.165, 1.54) is 17.0 Å². The molecule has 0 aliphatic heterocycles. The van der Waals surface area contributed by atoms with E-state index in [0.29, 0.717) is 27.8 Å². The van der Waals surface area contributed by atoms with Crippen molar-refractivity contribution in [3.63, 3.8) is 0 Å². The molecule has 2 amide bonds. The minimum Gasteiger partial charge on any atom is -0.354 e. The lowest BCUT2D eigenvalue weighted by molar-refractivity contribution is -0.139. The summed E-state index contributed by atoms with van der Waals surface area (Å²) >= 11 is 12.2. The van der Waals surface area contributed by atoms with Crippen LogP contribution in [0.1, 0.15) is 31.9 Å². The van der Waals surface area contributed by atoms with Gasteiger partial charge in [-0.2, -0.15) is 0 Å². The molecule has 208 valence electrons. The van der Waals surface area contributed by atoms with Crippen LogP contribution in [-0.4, -0.2) is 44.3 Å². The fourth-order valence-corrected chi connectivity index (χ4v) is 5.81. The lowest BCUT2D eigenvalue weighted by Crippen LogP contribution is -2.51. The van der Waals surface area contributed by atoms with Crippen LogP contribution in [0.15, 0.2) is 77.7 Å². The van der Waals surface area contributed by atoms with Crippen molar-refractivity contribution in [2.75, 3.05) is 17.4 Å². The molecular formula is C29H33Cl2N3O4S. The van der Waals surface area contributed by atoms with Crippen molar-refractivity contribution in [1.82, 2.24) is 10.2 Å². The summed E-state index contributed by atoms with van der Waals surface area (Å²) in [6.45, 7) is 7.33. The molecule has 0 heterocycles. The predicted octanol–water partition coefficient (Wildman–Crippen LogP) is 5.69. The topological polar surface area (TPSA) is 86.8 Å². The molecule has 1 N–H and O–H groups in total. The molecule has 0 aliphatic carbocycles. The molecule has 0 aliphatic rings. The molecule has 0 saturated heterocycles. The van der Waals surface area contributed by atoms with Crippen LogP contribution in [0.5, 0.6) is 0 Å². The molecule has 1 atom stereocenters. The molecule has 0 radical (unpaired) electrons. The van der Waals surface area contributed by atoms with E-state index in [2.05, 4.69) is 5.32 Å². The zero-order valence-corrected chi connectivity index (χ0v) is 24.7. The quantitative estimate of drug-likeness (QED) is 0.311. The first kappa shape index (κ1) is 30.5. The van der Waals surface area contributed by atoms with Crippen LogP contribution in [-0.2, 0) is 26.2 Å². The summed E-state index contributed by atoms with van der Waals surface area (Å²) in [4.78, 5) is 28.4. The van der Waals surface area contributed by atoms with E-state index < -0.39 is 28.5 Å². The number of amides is 2. The van der Waals surface area contributed by atoms with Crippen molar-refractivity contribution in [2.45, 2.75) is 45.2 Å². The Morgan fingerprint density at radius 2 is 1.51 bits per heavy atom. The highest BCUT2D eigenvalue weighted by Gasteiger charge is 2.33. The number of hydrogen-bond donors (Lipinski definition) is 1. The third-order valence-corrected chi connectivity index (χ3v) is 8.42. The van der Waals surface area contributed by atoms with Crippen LogP contribution in [0.3, 0.4) is 0 Å². The Morgan fingerprint density at radius 1 is 0.897 bits per heavy atom. The van der Waals surface area contributed by atoms with Crippen LogP contribution in [0.4, 0.5) is 5.69 Å². The van der Waals surface area contributed by atoms with E-state index >= 15 is 0 Å². The van der Waals surface area contributed by atoms with Crippen molar-refractivity contribution in [3.05, 3.63) is 94.0 Å². The monoisotopic (exact) mass is 589 g/mol. The molecule has 3 rings (SSSR count). The van der Waals surface area contributed by atoms with Gasteiger partial charge >= 0.3 is 0 Å². The van der Waals surface area contributed by atoms with E-state index in [4.69, 9.17) is 23.2 Å². The van der Waals surface area contributed by atoms with Crippen molar-refractivity contribution in [3.8, 4) is 0 Å². The van der Waals surface area contributed by atoms with Gasteiger partial charge in [0.2, 0.25) is 11.8 Å². The number of carbonyl (C=O) groups excluding carboxylic acids is 2. The average Bonchev–Trinajstić information content (AvgIpc) is 2.90. The van der Waals surface area contributed by atoms with Gasteiger partial charge in [0.05, 0.1) is 10.6 Å². The molecule has 0 bridgehead atoms. The summed E-state index contributed by atoms with van der Waals surface area (Å²) in [6, 6.07) is 18.8. The number of hydrogen-bond acceptors (Lipinski definition) is 4. The largest absolute Gasteiger partial charge is 0.354 e. The van der Waals surface area contributed by atoms with Gasteiger partial charge in [-0.3, -0.25) is 13.9 Å². The van der Waals surface area contributed by atoms with E-state index in [1.807, 2.05) is 13.8 Å². The third kappa shape index (κ3) is 7.97. The molecule has 10 heteroatoms. The Balaban J connectivity index is 2.03. The van der Waals surface area contributed by atoms with Gasteiger partial charge in [0, 0.05) is 23.1 Å². The second-order valence-corrected chi connectivity index (χ2v) is 12.5. The van der Waals surface area contributed by atoms with Crippen molar-refractivity contribution >= 4 is 50.7 Å². The minimum absolute atomic E-state index is 0.0409. The van der Waals surface area contributed by atoms with Crippen LogP contribution in [0, 0.1) is 12.8 Å². The number of benzene rings is 3. The van der Waals surface area contributed by atoms with E-state index in [0.717, 1.165) is 9.87 Å². The van der Waals surface area contributed by atoms with Gasteiger partial charge in [-0.15, -0.1) is 0 Å². The van der Waals surface area contributed by atoms with Crippen molar-refractivity contribution in [2.24, 2.45) is 5.92 Å². The molecule has 0 fully saturated rings. The highest BCUT2D eigenvalue weighted by atomic mass is 35.5. The maximum absolute atomic E-state index is 13.9. The van der Waals surface area contributed by atoms with Gasteiger partial charge < -0.3 is 10.2 Å². The summed E-state index contributed by atoms with van der Waals surface area (Å²) in [5.41, 5.74) is 1.65. The van der Waals surface area contributed by atoms with Crippen molar-refractivity contribution < 1.29 is 18.0 Å². The summed E-state index contributed by atoms with van der Waals surface area (Å²) in [6.07, 6.45) is 0. The number of sulfonamides is 1. The second kappa shape index (κ2) is 13.3. The smallest absolute Gasteiger partial charge is 0.264 e. The number of rotatable bonds is 11. The molecule has 0 spiro atoms. The van der Waals surface area contributed by atoms with Gasteiger partial charge in [-0.1, -0.05) is 67.4 Å². The SMILES string of the molecule is Cc1cc(Cl)ccc1N(CC(=O)N(Cc1ccc(Cl)cc1)[C@H](C)C(=O)NCC(C)C)S(=O)(=O)c1ccccc1. The second-order valence-electron chi connectivity index (χ2n) is 9.72. The standard InChI is InChI=1S/C29H33Cl2N3O4S/c1-20(2)17-32-29(36)22(4)33(18-23-10-12-24(30)13-11-23)28(35)19-34(27-15-14-25(31)16-21(27)3)39(37,38)26-8-6-5-7-9-26/h5-16,20,22H,17-19H2,1-4H3,(H,32,36)/t22-/m1/s1. The van der Waals surface area contributed by atoms with Crippen molar-refractivity contribution in [1.29, 1.82) is 0 Å². The normalized spacial score (nSPS) is 12.2. The molecular weight excluding hydrogens is 557 g/mol. The number of halogens is 2. The first-order valence-corrected chi connectivity index (χ1v) is 14.7. The summed E-state index contributed by atoms with van der Waals surface area (Å²) in [5, 5.41) is 3.85. The van der Waals surface area contributed by atoms with Gasteiger partial charge in [-0.05, 0) is 73.4 Å². The minimum atomic E-state index is -4.14. The Labute approximate surface area is 240 Å². The van der Waals surface area contributed by atoms with Gasteiger partial charge in [-0.25, -0.2) is 8.42 Å². The van der Waals surface area contributed by atoms with E-state index in [-0.39, 0.29) is 23.3 Å². The highest BCUT2D eigenvalue weighted by molar-refractivity contribution is 7.92. The van der Waals surface area contributed by atoms with E-state index in [9.17, 15) is 18.0 Å². The Bertz CT molecular complexity index is 1400. The molecule has 3 aromatic rings. The zero-order valence-electron chi connectivity index (χ0n) is 22.4. The van der Waals surface area contributed by atoms with E-state index in [1.54, 1.807) is 74.5 Å². The van der Waals surface area contributed by atoms with Gasteiger partial charge in [0.15, 0.2) is 0 Å². The lowest BCUT2D eigenvalue weighted by Gasteiger charge is -2.32. The van der Waals surface area contributed by atoms with Crippen LogP contribution >= 0.6 is 23.2 Å². The molecule has 39 heavy (non-hydrogen) atoms. The number of aryl methyl sites for hydroxylation is 1. The summed E-state index contributed by atoms with van der Waals surface area (Å²) < 4.78 is 28.7. The van der Waals surface area contributed by atoms with Crippen LogP contribution in [0.25, 0.3) is 0 Å². The molecule has 3 aromatic carbocycles. The predicted molar refractivity (Wildman–Crippen MR) is 156 cm³/mol. The molecule has 7 nitrogen and oxygen atoms in total. The number of nitrogens with one attached hydrogen (secondary N) is 1. The number of nitrogens with zero attached hydrogens (tertiary/aromatic N) is 2. The molecule has 0 aromatic heterocycles.